The molecule has 2 saturated heterocycles. The Bertz CT molecular complexity index is 852. The lowest BCUT2D eigenvalue weighted by atomic mass is 9.74. The molecule has 4 heterocycles. The molecule has 0 saturated carbocycles. The molecule has 0 aliphatic carbocycles. The van der Waals surface area contributed by atoms with Crippen LogP contribution in [0.4, 0.5) is 5.82 Å². The minimum absolute atomic E-state index is 0.0451. The van der Waals surface area contributed by atoms with Gasteiger partial charge in [0.25, 0.3) is 0 Å². The molecule has 0 N–H and O–H groups in total. The molecule has 2 atom stereocenters. The molecule has 7 heteroatoms. The molecule has 4 rings (SSSR count). The van der Waals surface area contributed by atoms with Crippen molar-refractivity contribution in [3.63, 3.8) is 0 Å². The summed E-state index contributed by atoms with van der Waals surface area (Å²) in [6.07, 6.45) is 4.30. The van der Waals surface area contributed by atoms with E-state index in [1.165, 1.54) is 0 Å². The summed E-state index contributed by atoms with van der Waals surface area (Å²) < 4.78 is 1.74. The first kappa shape index (κ1) is 14.9. The van der Waals surface area contributed by atoms with Crippen LogP contribution in [-0.4, -0.2) is 50.5 Å². The highest BCUT2D eigenvalue weighted by atomic mass is 16.2. The van der Waals surface area contributed by atoms with Gasteiger partial charge in [0.15, 0.2) is 0 Å². The van der Waals surface area contributed by atoms with Crippen molar-refractivity contribution in [1.29, 1.82) is 5.26 Å². The first-order valence-corrected chi connectivity index (χ1v) is 8.12. The molecule has 123 valence electrons. The van der Waals surface area contributed by atoms with Gasteiger partial charge in [0.1, 0.15) is 24.2 Å². The Kier molecular flexibility index (Phi) is 3.23. The Morgan fingerprint density at radius 1 is 1.54 bits per heavy atom. The average molecular weight is 323 g/mol. The smallest absolute Gasteiger partial charge is 0.237 e. The van der Waals surface area contributed by atoms with Gasteiger partial charge in [-0.1, -0.05) is 6.92 Å². The summed E-state index contributed by atoms with van der Waals surface area (Å²) in [7, 11) is 3.92. The number of carbonyl (C=O) groups excluding carboxylic acids is 1. The summed E-state index contributed by atoms with van der Waals surface area (Å²) in [5.74, 6) is 1.26. The maximum absolute atomic E-state index is 12.2. The van der Waals surface area contributed by atoms with Crippen LogP contribution in [0.3, 0.4) is 0 Å². The topological polar surface area (TPSA) is 78.0 Å². The second kappa shape index (κ2) is 5.20. The van der Waals surface area contributed by atoms with E-state index in [9.17, 15) is 4.79 Å². The molecule has 1 amide bonds. The third kappa shape index (κ3) is 1.92. The van der Waals surface area contributed by atoms with Crippen LogP contribution in [0.25, 0.3) is 11.0 Å². The Morgan fingerprint density at radius 2 is 2.38 bits per heavy atom. The number of fused-ring (bicyclic) bond motifs is 1. The number of nitrogens with zero attached hydrogens (tertiary/aromatic N) is 6. The Hall–Kier alpha value is -2.62. The molecule has 0 unspecified atom stereocenters. The molecule has 24 heavy (non-hydrogen) atoms. The normalized spacial score (nSPS) is 26.0. The van der Waals surface area contributed by atoms with Crippen LogP contribution < -0.4 is 4.90 Å². The quantitative estimate of drug-likeness (QED) is 0.835. The summed E-state index contributed by atoms with van der Waals surface area (Å²) in [4.78, 5) is 25.1. The number of rotatable bonds is 2. The van der Waals surface area contributed by atoms with E-state index in [2.05, 4.69) is 28.8 Å². The van der Waals surface area contributed by atoms with E-state index < -0.39 is 0 Å². The summed E-state index contributed by atoms with van der Waals surface area (Å²) in [6.45, 7) is 4.51. The second-order valence-corrected chi connectivity index (χ2v) is 6.74. The van der Waals surface area contributed by atoms with Crippen LogP contribution in [-0.2, 0) is 4.79 Å². The van der Waals surface area contributed by atoms with Gasteiger partial charge in [-0.2, -0.15) is 5.26 Å². The molecule has 2 aliphatic heterocycles. The zero-order valence-corrected chi connectivity index (χ0v) is 13.6. The molecule has 0 aromatic carbocycles. The van der Waals surface area contributed by atoms with Crippen molar-refractivity contribution in [1.82, 2.24) is 19.4 Å². The Morgan fingerprint density at radius 3 is 3.12 bits per heavy atom. The number of aromatic nitrogens is 3. The zero-order valence-electron chi connectivity index (χ0n) is 13.6. The van der Waals surface area contributed by atoms with Crippen molar-refractivity contribution in [2.45, 2.75) is 25.3 Å². The minimum Gasteiger partial charge on any atom is -0.353 e. The van der Waals surface area contributed by atoms with E-state index in [1.54, 1.807) is 10.9 Å². The number of nitriles is 1. The largest absolute Gasteiger partial charge is 0.353 e. The third-order valence-electron chi connectivity index (χ3n) is 5.56. The molecule has 0 bridgehead atoms. The fraction of sp³-hybridized carbons (Fsp3) is 0.471. The van der Waals surface area contributed by atoms with Crippen molar-refractivity contribution in [3.8, 4) is 6.07 Å². The molecular weight excluding hydrogens is 304 g/mol. The van der Waals surface area contributed by atoms with Crippen LogP contribution in [0.5, 0.6) is 0 Å². The molecule has 2 aliphatic rings. The molecular formula is C17H19N6O. The van der Waals surface area contributed by atoms with Crippen molar-refractivity contribution >= 4 is 22.8 Å². The monoisotopic (exact) mass is 323 g/mol. The van der Waals surface area contributed by atoms with E-state index >= 15 is 0 Å². The van der Waals surface area contributed by atoms with E-state index in [4.69, 9.17) is 5.26 Å². The predicted octanol–water partition coefficient (Wildman–Crippen LogP) is 1.41. The van der Waals surface area contributed by atoms with Gasteiger partial charge in [-0.25, -0.2) is 9.97 Å². The maximum atomic E-state index is 12.2. The number of hydrogen-bond donors (Lipinski definition) is 0. The highest BCUT2D eigenvalue weighted by Gasteiger charge is 2.56. The van der Waals surface area contributed by atoms with Crippen molar-refractivity contribution in [2.75, 3.05) is 24.5 Å². The molecule has 1 spiro atoms. The first-order chi connectivity index (χ1) is 11.6. The lowest BCUT2D eigenvalue weighted by Crippen LogP contribution is -2.69. The van der Waals surface area contributed by atoms with E-state index in [1.807, 2.05) is 23.2 Å². The van der Waals surface area contributed by atoms with E-state index in [0.29, 0.717) is 5.92 Å². The third-order valence-corrected chi connectivity index (χ3v) is 5.56. The van der Waals surface area contributed by atoms with Crippen molar-refractivity contribution < 1.29 is 4.79 Å². The minimum atomic E-state index is -0.168. The van der Waals surface area contributed by atoms with Crippen LogP contribution in [0.1, 0.15) is 19.8 Å². The summed E-state index contributed by atoms with van der Waals surface area (Å²) in [6, 6.07) is 3.95. The fourth-order valence-corrected chi connectivity index (χ4v) is 4.16. The summed E-state index contributed by atoms with van der Waals surface area (Å²) >= 11 is 0. The molecule has 2 aromatic rings. The second-order valence-electron chi connectivity index (χ2n) is 6.74. The Balaban J connectivity index is 1.64. The van der Waals surface area contributed by atoms with Crippen LogP contribution in [0.15, 0.2) is 18.6 Å². The first-order valence-electron chi connectivity index (χ1n) is 8.12. The van der Waals surface area contributed by atoms with Crippen LogP contribution >= 0.6 is 0 Å². The van der Waals surface area contributed by atoms with E-state index in [-0.39, 0.29) is 17.9 Å². The maximum Gasteiger partial charge on any atom is 0.237 e. The lowest BCUT2D eigenvalue weighted by molar-refractivity contribution is -0.152. The average Bonchev–Trinajstić information content (AvgIpc) is 3.19. The predicted molar refractivity (Wildman–Crippen MR) is 89.0 cm³/mol. The molecule has 7 nitrogen and oxygen atoms in total. The highest BCUT2D eigenvalue weighted by Crippen LogP contribution is 2.45. The van der Waals surface area contributed by atoms with Gasteiger partial charge in [-0.05, 0) is 18.4 Å². The molecule has 1 radical (unpaired) electrons. The Labute approximate surface area is 140 Å². The van der Waals surface area contributed by atoms with Crippen LogP contribution in [0, 0.1) is 24.3 Å². The van der Waals surface area contributed by atoms with Gasteiger partial charge in [-0.3, -0.25) is 4.79 Å². The van der Waals surface area contributed by atoms with E-state index in [0.717, 1.165) is 42.9 Å². The number of carbonyl (C=O) groups is 1. The molecule has 2 fully saturated rings. The van der Waals surface area contributed by atoms with Gasteiger partial charge < -0.3 is 14.4 Å². The number of amides is 1. The van der Waals surface area contributed by atoms with Crippen molar-refractivity contribution in [3.05, 3.63) is 25.6 Å². The number of hydrogen-bond acceptors (Lipinski definition) is 5. The fourth-order valence-electron chi connectivity index (χ4n) is 4.16. The van der Waals surface area contributed by atoms with Gasteiger partial charge in [0, 0.05) is 32.9 Å². The SMILES string of the molecule is [CH2]n1ccc2c(N3CC[C@]4(C3)[C@@H](C)CN4C(=O)CC#N)ncnc21. The lowest BCUT2D eigenvalue weighted by Gasteiger charge is -2.55. The number of anilines is 1. The summed E-state index contributed by atoms with van der Waals surface area (Å²) in [5, 5.41) is 9.80. The highest BCUT2D eigenvalue weighted by molar-refractivity contribution is 5.88. The molecule has 2 aromatic heterocycles. The van der Waals surface area contributed by atoms with Crippen molar-refractivity contribution in [2.24, 2.45) is 5.92 Å². The summed E-state index contributed by atoms with van der Waals surface area (Å²) in [5.41, 5.74) is 0.637. The van der Waals surface area contributed by atoms with Gasteiger partial charge in [-0.15, -0.1) is 0 Å². The van der Waals surface area contributed by atoms with Crippen LogP contribution in [0.2, 0.25) is 0 Å². The van der Waals surface area contributed by atoms with Gasteiger partial charge in [0.2, 0.25) is 5.91 Å². The van der Waals surface area contributed by atoms with Gasteiger partial charge >= 0.3 is 0 Å². The van der Waals surface area contributed by atoms with Gasteiger partial charge in [0.05, 0.1) is 17.0 Å². The standard InChI is InChI=1S/C17H19N6O/c1-12-9-23(14(24)3-6-18)17(12)5-8-22(10-17)16-13-4-7-21(2)15(13)19-11-20-16/h4,7,11-12H,2-3,5,8-10H2,1H3/t12-,17-/m0/s1. The zero-order chi connectivity index (χ0) is 16.9. The number of likely N-dealkylation sites (tertiary alicyclic amines) is 1.